The van der Waals surface area contributed by atoms with Crippen LogP contribution in [0.5, 0.6) is 0 Å². The minimum absolute atomic E-state index is 0.258. The monoisotopic (exact) mass is 186 g/mol. The molecule has 4 atom stereocenters. The van der Waals surface area contributed by atoms with E-state index in [0.717, 1.165) is 0 Å². The van der Waals surface area contributed by atoms with Crippen LogP contribution in [0.15, 0.2) is 0 Å². The second-order valence-electron chi connectivity index (χ2n) is 3.26. The van der Waals surface area contributed by atoms with Crippen molar-refractivity contribution in [2.24, 2.45) is 0 Å². The first-order chi connectivity index (χ1) is 6.16. The van der Waals surface area contributed by atoms with Gasteiger partial charge in [0.05, 0.1) is 18.3 Å². The van der Waals surface area contributed by atoms with Crippen LogP contribution in [0.25, 0.3) is 0 Å². The van der Waals surface area contributed by atoms with Crippen molar-refractivity contribution in [3.05, 3.63) is 0 Å². The lowest BCUT2D eigenvalue weighted by molar-refractivity contribution is -0.0948. The molecule has 1 saturated heterocycles. The highest BCUT2D eigenvalue weighted by molar-refractivity contribution is 4.93. The Morgan fingerprint density at radius 3 is 2.62 bits per heavy atom. The summed E-state index contributed by atoms with van der Waals surface area (Å²) >= 11 is 0. The first-order valence-corrected chi connectivity index (χ1v) is 4.31. The zero-order valence-electron chi connectivity index (χ0n) is 7.22. The summed E-state index contributed by atoms with van der Waals surface area (Å²) in [6.07, 6.45) is -2.20. The second-order valence-corrected chi connectivity index (χ2v) is 3.26. The molecule has 0 bridgehead atoms. The van der Waals surface area contributed by atoms with Gasteiger partial charge in [0.1, 0.15) is 6.10 Å². The molecule has 0 aromatic heterocycles. The van der Waals surface area contributed by atoms with Crippen molar-refractivity contribution in [3.8, 4) is 6.07 Å². The van der Waals surface area contributed by atoms with Crippen molar-refractivity contribution >= 4 is 0 Å². The van der Waals surface area contributed by atoms with Gasteiger partial charge in [0.25, 0.3) is 0 Å². The summed E-state index contributed by atoms with van der Waals surface area (Å²) in [5, 5.41) is 39.1. The molecule has 74 valence electrons. The molecule has 5 heteroatoms. The third-order valence-corrected chi connectivity index (χ3v) is 2.31. The van der Waals surface area contributed by atoms with E-state index in [1.54, 1.807) is 0 Å². The Labute approximate surface area is 76.6 Å². The molecule has 1 aliphatic heterocycles. The van der Waals surface area contributed by atoms with Crippen LogP contribution in [0, 0.1) is 11.3 Å². The molecule has 0 saturated carbocycles. The molecule has 0 aliphatic carbocycles. The fraction of sp³-hybridized carbons (Fsp3) is 0.875. The van der Waals surface area contributed by atoms with Gasteiger partial charge < -0.3 is 20.6 Å². The molecule has 0 aromatic rings. The van der Waals surface area contributed by atoms with E-state index in [4.69, 9.17) is 10.4 Å². The molecule has 0 spiro atoms. The van der Waals surface area contributed by atoms with E-state index in [-0.39, 0.29) is 12.6 Å². The average molecular weight is 186 g/mol. The average Bonchev–Trinajstić information content (AvgIpc) is 2.13. The number of rotatable bonds is 2. The third-order valence-electron chi connectivity index (χ3n) is 2.31. The number of nitrogens with zero attached hydrogens (tertiary/aromatic N) is 1. The van der Waals surface area contributed by atoms with Crippen molar-refractivity contribution in [1.82, 2.24) is 5.32 Å². The first kappa shape index (κ1) is 10.4. The summed E-state index contributed by atoms with van der Waals surface area (Å²) in [7, 11) is 0. The molecule has 0 amide bonds. The molecular weight excluding hydrogens is 172 g/mol. The van der Waals surface area contributed by atoms with Gasteiger partial charge in [0.2, 0.25) is 0 Å². The smallest absolute Gasteiger partial charge is 0.108 e. The topological polar surface area (TPSA) is 96.5 Å². The summed E-state index contributed by atoms with van der Waals surface area (Å²) in [5.41, 5.74) is 0. The molecule has 5 nitrogen and oxygen atoms in total. The van der Waals surface area contributed by atoms with E-state index in [9.17, 15) is 10.2 Å². The van der Waals surface area contributed by atoms with Gasteiger partial charge in [-0.05, 0) is 6.42 Å². The molecule has 1 fully saturated rings. The molecule has 4 N–H and O–H groups in total. The first-order valence-electron chi connectivity index (χ1n) is 4.31. The Balaban J connectivity index is 2.45. The van der Waals surface area contributed by atoms with Crippen LogP contribution in [-0.4, -0.2) is 46.2 Å². The number of aliphatic hydroxyl groups excluding tert-OH is 3. The number of nitrogens with one attached hydrogen (secondary N) is 1. The minimum atomic E-state index is -1.11. The second kappa shape index (κ2) is 4.53. The normalized spacial score (nSPS) is 39.8. The highest BCUT2D eigenvalue weighted by atomic mass is 16.4. The van der Waals surface area contributed by atoms with Crippen molar-refractivity contribution in [2.75, 3.05) is 6.54 Å². The van der Waals surface area contributed by atoms with Crippen LogP contribution in [0.4, 0.5) is 0 Å². The summed E-state index contributed by atoms with van der Waals surface area (Å²) < 4.78 is 0. The van der Waals surface area contributed by atoms with Gasteiger partial charge >= 0.3 is 0 Å². The van der Waals surface area contributed by atoms with E-state index < -0.39 is 18.3 Å². The third kappa shape index (κ3) is 2.39. The lowest BCUT2D eigenvalue weighted by Gasteiger charge is -2.35. The Morgan fingerprint density at radius 1 is 1.31 bits per heavy atom. The van der Waals surface area contributed by atoms with Crippen LogP contribution < -0.4 is 5.32 Å². The SMILES string of the molecule is N#CCCC1NCC(O)C(O)C1O. The fourth-order valence-corrected chi connectivity index (χ4v) is 1.47. The van der Waals surface area contributed by atoms with Crippen LogP contribution in [0.1, 0.15) is 12.8 Å². The van der Waals surface area contributed by atoms with Crippen molar-refractivity contribution in [2.45, 2.75) is 37.2 Å². The Kier molecular flexibility index (Phi) is 3.63. The van der Waals surface area contributed by atoms with Crippen LogP contribution >= 0.6 is 0 Å². The maximum Gasteiger partial charge on any atom is 0.108 e. The molecule has 4 unspecified atom stereocenters. The predicted octanol–water partition coefficient (Wildman–Crippen LogP) is -1.66. The number of piperidine rings is 1. The molecular formula is C8H14N2O3. The Hall–Kier alpha value is -0.670. The van der Waals surface area contributed by atoms with Crippen molar-refractivity contribution < 1.29 is 15.3 Å². The van der Waals surface area contributed by atoms with Crippen LogP contribution in [0.3, 0.4) is 0 Å². The highest BCUT2D eigenvalue weighted by Crippen LogP contribution is 2.13. The largest absolute Gasteiger partial charge is 0.389 e. The zero-order valence-corrected chi connectivity index (χ0v) is 7.22. The van der Waals surface area contributed by atoms with E-state index in [2.05, 4.69) is 5.32 Å². The van der Waals surface area contributed by atoms with Crippen LogP contribution in [0.2, 0.25) is 0 Å². The summed E-state index contributed by atoms with van der Waals surface area (Å²) in [6.45, 7) is 0.258. The summed E-state index contributed by atoms with van der Waals surface area (Å²) in [5.74, 6) is 0. The summed E-state index contributed by atoms with van der Waals surface area (Å²) in [4.78, 5) is 0. The van der Waals surface area contributed by atoms with Gasteiger partial charge in [-0.25, -0.2) is 0 Å². The van der Waals surface area contributed by atoms with E-state index >= 15 is 0 Å². The minimum Gasteiger partial charge on any atom is -0.389 e. The van der Waals surface area contributed by atoms with Crippen molar-refractivity contribution in [3.63, 3.8) is 0 Å². The Morgan fingerprint density at radius 2 is 2.00 bits per heavy atom. The number of hydrogen-bond donors (Lipinski definition) is 4. The quantitative estimate of drug-likeness (QED) is 0.414. The van der Waals surface area contributed by atoms with E-state index in [1.165, 1.54) is 0 Å². The van der Waals surface area contributed by atoms with Gasteiger partial charge in [0, 0.05) is 19.0 Å². The van der Waals surface area contributed by atoms with E-state index in [0.29, 0.717) is 12.8 Å². The lowest BCUT2D eigenvalue weighted by atomic mass is 9.93. The Bertz CT molecular complexity index is 204. The van der Waals surface area contributed by atoms with E-state index in [1.807, 2.05) is 6.07 Å². The maximum absolute atomic E-state index is 9.45. The number of hydrogen-bond acceptors (Lipinski definition) is 5. The summed E-state index contributed by atoms with van der Waals surface area (Å²) in [6, 6.07) is 1.67. The fourth-order valence-electron chi connectivity index (χ4n) is 1.47. The standard InChI is InChI=1S/C8H14N2O3/c9-3-1-2-5-7(12)8(13)6(11)4-10-5/h5-8,10-13H,1-2,4H2. The van der Waals surface area contributed by atoms with Crippen molar-refractivity contribution in [1.29, 1.82) is 5.26 Å². The number of aliphatic hydroxyl groups is 3. The lowest BCUT2D eigenvalue weighted by Crippen LogP contribution is -2.59. The molecule has 1 rings (SSSR count). The van der Waals surface area contributed by atoms with Gasteiger partial charge in [-0.2, -0.15) is 5.26 Å². The molecule has 13 heavy (non-hydrogen) atoms. The molecule has 1 heterocycles. The van der Waals surface area contributed by atoms with Gasteiger partial charge in [0.15, 0.2) is 0 Å². The molecule has 0 aromatic carbocycles. The molecule has 0 radical (unpaired) electrons. The zero-order chi connectivity index (χ0) is 9.84. The number of β-amino-alcohol motifs (C(OH)–C–C–N with tert-alkyl or cyclic N) is 1. The highest BCUT2D eigenvalue weighted by Gasteiger charge is 2.35. The van der Waals surface area contributed by atoms with Gasteiger partial charge in [-0.1, -0.05) is 0 Å². The van der Waals surface area contributed by atoms with Gasteiger partial charge in [-0.15, -0.1) is 0 Å². The molecule has 1 aliphatic rings. The predicted molar refractivity (Wildman–Crippen MR) is 44.7 cm³/mol. The van der Waals surface area contributed by atoms with Crippen LogP contribution in [-0.2, 0) is 0 Å². The maximum atomic E-state index is 9.45. The van der Waals surface area contributed by atoms with Gasteiger partial charge in [-0.3, -0.25) is 0 Å². The number of nitriles is 1.